The fraction of sp³-hybridized carbons (Fsp3) is 0.636. The number of rotatable bonds is 3. The van der Waals surface area contributed by atoms with Gasteiger partial charge in [0.15, 0.2) is 0 Å². The van der Waals surface area contributed by atoms with E-state index in [0.29, 0.717) is 6.54 Å². The average Bonchev–Trinajstić information content (AvgIpc) is 2.29. The topological polar surface area (TPSA) is 64.3 Å². The fourth-order valence-corrected chi connectivity index (χ4v) is 2.01. The largest absolute Gasteiger partial charge is 0.371 e. The number of ether oxygens (including phenoxy) is 1. The van der Waals surface area contributed by atoms with Gasteiger partial charge in [-0.1, -0.05) is 0 Å². The smallest absolute Gasteiger partial charge is 0.142 e. The average molecular weight is 222 g/mol. The Labute approximate surface area is 95.6 Å². The van der Waals surface area contributed by atoms with Gasteiger partial charge in [-0.3, -0.25) is 4.90 Å². The lowest BCUT2D eigenvalue weighted by molar-refractivity contribution is -0.0750. The normalized spacial score (nSPS) is 26.9. The van der Waals surface area contributed by atoms with Crippen molar-refractivity contribution in [2.45, 2.75) is 25.7 Å². The zero-order valence-electron chi connectivity index (χ0n) is 9.54. The molecule has 2 heterocycles. The summed E-state index contributed by atoms with van der Waals surface area (Å²) >= 11 is 0. The second-order valence-electron chi connectivity index (χ2n) is 4.16. The molecule has 2 atom stereocenters. The predicted molar refractivity (Wildman–Crippen MR) is 60.7 cm³/mol. The van der Waals surface area contributed by atoms with Crippen molar-refractivity contribution in [1.29, 1.82) is 0 Å². The summed E-state index contributed by atoms with van der Waals surface area (Å²) in [4.78, 5) is 10.7. The summed E-state index contributed by atoms with van der Waals surface area (Å²) in [6, 6.07) is 1.83. The minimum absolute atomic E-state index is 0.132. The summed E-state index contributed by atoms with van der Waals surface area (Å²) in [7, 11) is 0. The van der Waals surface area contributed by atoms with E-state index in [4.69, 9.17) is 10.5 Å². The number of hydrogen-bond donors (Lipinski definition) is 1. The maximum absolute atomic E-state index is 5.70. The van der Waals surface area contributed by atoms with Crippen molar-refractivity contribution in [3.8, 4) is 0 Å². The van der Waals surface area contributed by atoms with E-state index in [1.165, 1.54) is 0 Å². The molecule has 1 fully saturated rings. The Balaban J connectivity index is 1.94. The Morgan fingerprint density at radius 1 is 1.44 bits per heavy atom. The zero-order valence-corrected chi connectivity index (χ0v) is 9.54. The van der Waals surface area contributed by atoms with Crippen molar-refractivity contribution < 1.29 is 4.74 Å². The second kappa shape index (κ2) is 5.34. The van der Waals surface area contributed by atoms with Crippen LogP contribution in [0.4, 0.5) is 0 Å². The van der Waals surface area contributed by atoms with Crippen LogP contribution in [0.15, 0.2) is 18.5 Å². The van der Waals surface area contributed by atoms with E-state index in [2.05, 4.69) is 21.8 Å². The Morgan fingerprint density at radius 3 is 2.88 bits per heavy atom. The first-order valence-electron chi connectivity index (χ1n) is 5.61. The highest BCUT2D eigenvalue weighted by Crippen LogP contribution is 2.11. The van der Waals surface area contributed by atoms with Crippen LogP contribution >= 0.6 is 0 Å². The molecule has 2 rings (SSSR count). The monoisotopic (exact) mass is 222 g/mol. The molecule has 0 aliphatic carbocycles. The number of nitrogens with two attached hydrogens (primary N) is 1. The molecule has 0 saturated carbocycles. The van der Waals surface area contributed by atoms with Crippen molar-refractivity contribution >= 4 is 0 Å². The Kier molecular flexibility index (Phi) is 3.82. The fourth-order valence-electron chi connectivity index (χ4n) is 2.01. The second-order valence-corrected chi connectivity index (χ2v) is 4.16. The summed E-state index contributed by atoms with van der Waals surface area (Å²) in [5.74, 6) is 0.854. The van der Waals surface area contributed by atoms with Gasteiger partial charge in [-0.15, -0.1) is 0 Å². The van der Waals surface area contributed by atoms with E-state index in [1.807, 2.05) is 6.07 Å². The lowest BCUT2D eigenvalue weighted by Gasteiger charge is -2.35. The molecule has 2 N–H and O–H groups in total. The van der Waals surface area contributed by atoms with E-state index in [9.17, 15) is 0 Å². The standard InChI is InChI=1S/C11H18N4O/c1-9-6-15(7-10(5-12)16-9)8-11-13-3-2-4-14-11/h2-4,9-10H,5-8,12H2,1H3. The third-order valence-electron chi connectivity index (χ3n) is 2.65. The number of morpholine rings is 1. The molecule has 0 bridgehead atoms. The highest BCUT2D eigenvalue weighted by molar-refractivity contribution is 4.90. The molecule has 1 aliphatic rings. The van der Waals surface area contributed by atoms with Gasteiger partial charge in [-0.2, -0.15) is 0 Å². The third kappa shape index (κ3) is 2.98. The molecular formula is C11H18N4O. The lowest BCUT2D eigenvalue weighted by atomic mass is 10.2. The minimum atomic E-state index is 0.132. The first-order chi connectivity index (χ1) is 7.78. The third-order valence-corrected chi connectivity index (χ3v) is 2.65. The Morgan fingerprint density at radius 2 is 2.19 bits per heavy atom. The van der Waals surface area contributed by atoms with Crippen molar-refractivity contribution in [2.24, 2.45) is 5.73 Å². The van der Waals surface area contributed by atoms with Gasteiger partial charge in [-0.05, 0) is 13.0 Å². The Hall–Kier alpha value is -1.04. The minimum Gasteiger partial charge on any atom is -0.371 e. The summed E-state index contributed by atoms with van der Waals surface area (Å²) < 4.78 is 5.70. The van der Waals surface area contributed by atoms with Crippen molar-refractivity contribution in [3.05, 3.63) is 24.3 Å². The van der Waals surface area contributed by atoms with Crippen LogP contribution in [0.2, 0.25) is 0 Å². The van der Waals surface area contributed by atoms with Gasteiger partial charge in [0.2, 0.25) is 0 Å². The molecule has 1 aromatic rings. The first-order valence-corrected chi connectivity index (χ1v) is 5.61. The van der Waals surface area contributed by atoms with E-state index >= 15 is 0 Å². The molecule has 1 saturated heterocycles. The molecule has 5 heteroatoms. The number of hydrogen-bond acceptors (Lipinski definition) is 5. The summed E-state index contributed by atoms with van der Waals surface area (Å²) in [5.41, 5.74) is 5.64. The molecular weight excluding hydrogens is 204 g/mol. The van der Waals surface area contributed by atoms with Crippen LogP contribution in [0, 0.1) is 0 Å². The van der Waals surface area contributed by atoms with Crippen LogP contribution in [0.1, 0.15) is 12.7 Å². The number of aromatic nitrogens is 2. The van der Waals surface area contributed by atoms with Gasteiger partial charge in [0, 0.05) is 32.0 Å². The van der Waals surface area contributed by atoms with Gasteiger partial charge >= 0.3 is 0 Å². The lowest BCUT2D eigenvalue weighted by Crippen LogP contribution is -2.48. The van der Waals surface area contributed by atoms with E-state index in [0.717, 1.165) is 25.5 Å². The van der Waals surface area contributed by atoms with Crippen LogP contribution in [0.25, 0.3) is 0 Å². The van der Waals surface area contributed by atoms with Crippen molar-refractivity contribution in [3.63, 3.8) is 0 Å². The summed E-state index contributed by atoms with van der Waals surface area (Å²) in [6.45, 7) is 5.18. The van der Waals surface area contributed by atoms with Crippen LogP contribution in [0.5, 0.6) is 0 Å². The Bertz CT molecular complexity index is 319. The highest BCUT2D eigenvalue weighted by atomic mass is 16.5. The molecule has 0 amide bonds. The molecule has 0 radical (unpaired) electrons. The van der Waals surface area contributed by atoms with Crippen molar-refractivity contribution in [1.82, 2.24) is 14.9 Å². The molecule has 2 unspecified atom stereocenters. The molecule has 88 valence electrons. The van der Waals surface area contributed by atoms with E-state index in [-0.39, 0.29) is 12.2 Å². The molecule has 5 nitrogen and oxygen atoms in total. The number of nitrogens with zero attached hydrogens (tertiary/aromatic N) is 3. The SMILES string of the molecule is CC1CN(Cc2ncccn2)CC(CN)O1. The summed E-state index contributed by atoms with van der Waals surface area (Å²) in [5, 5.41) is 0. The van der Waals surface area contributed by atoms with Crippen molar-refractivity contribution in [2.75, 3.05) is 19.6 Å². The molecule has 1 aromatic heterocycles. The van der Waals surface area contributed by atoms with Crippen LogP contribution in [0.3, 0.4) is 0 Å². The van der Waals surface area contributed by atoms with Gasteiger partial charge < -0.3 is 10.5 Å². The first kappa shape index (κ1) is 11.4. The maximum atomic E-state index is 5.70. The van der Waals surface area contributed by atoms with Crippen LogP contribution < -0.4 is 5.73 Å². The zero-order chi connectivity index (χ0) is 11.4. The van der Waals surface area contributed by atoms with Crippen LogP contribution in [-0.2, 0) is 11.3 Å². The molecule has 16 heavy (non-hydrogen) atoms. The summed E-state index contributed by atoms with van der Waals surface area (Å²) in [6.07, 6.45) is 3.90. The predicted octanol–water partition coefficient (Wildman–Crippen LogP) is 0.0246. The van der Waals surface area contributed by atoms with Gasteiger partial charge in [0.25, 0.3) is 0 Å². The molecule has 1 aliphatic heterocycles. The maximum Gasteiger partial charge on any atom is 0.142 e. The van der Waals surface area contributed by atoms with Gasteiger partial charge in [0.05, 0.1) is 18.8 Å². The van der Waals surface area contributed by atoms with Gasteiger partial charge in [-0.25, -0.2) is 9.97 Å². The van der Waals surface area contributed by atoms with Crippen LogP contribution in [-0.4, -0.2) is 46.7 Å². The highest BCUT2D eigenvalue weighted by Gasteiger charge is 2.24. The quantitative estimate of drug-likeness (QED) is 0.781. The van der Waals surface area contributed by atoms with E-state index in [1.54, 1.807) is 12.4 Å². The van der Waals surface area contributed by atoms with Gasteiger partial charge in [0.1, 0.15) is 5.82 Å². The molecule has 0 aromatic carbocycles. The molecule has 0 spiro atoms. The van der Waals surface area contributed by atoms with E-state index < -0.39 is 0 Å².